The number of aryl methyl sites for hydroxylation is 1. The molecule has 1 heterocycles. The minimum atomic E-state index is -0.392. The Morgan fingerprint density at radius 2 is 2.47 bits per heavy atom. The first-order chi connectivity index (χ1) is 7.22. The number of rotatable bonds is 5. The lowest BCUT2D eigenvalue weighted by Gasteiger charge is -1.95. The van der Waals surface area contributed by atoms with E-state index in [-0.39, 0.29) is 0 Å². The first-order valence-corrected chi connectivity index (χ1v) is 4.49. The molecule has 1 N–H and O–H groups in total. The second-order valence-corrected chi connectivity index (χ2v) is 2.80. The molecule has 1 aromatic heterocycles. The van der Waals surface area contributed by atoms with Gasteiger partial charge in [0.05, 0.1) is 7.11 Å². The van der Waals surface area contributed by atoms with Crippen molar-refractivity contribution in [2.24, 2.45) is 0 Å². The highest BCUT2D eigenvalue weighted by Gasteiger charge is 2.00. The van der Waals surface area contributed by atoms with Gasteiger partial charge in [-0.1, -0.05) is 5.16 Å². The molecule has 0 unspecified atom stereocenters. The number of aromatic nitrogens is 2. The standard InChI is InChI=1S/C9H13N3O3/c1-7-11-8(15-12-7)3-5-10-6-4-9(13)14-2/h4,6,10H,3,5H2,1-2H3/b6-4+. The Labute approximate surface area is 87.3 Å². The summed E-state index contributed by atoms with van der Waals surface area (Å²) in [7, 11) is 1.33. The molecule has 6 nitrogen and oxygen atoms in total. The molecule has 0 aliphatic carbocycles. The summed E-state index contributed by atoms with van der Waals surface area (Å²) >= 11 is 0. The zero-order valence-electron chi connectivity index (χ0n) is 8.69. The van der Waals surface area contributed by atoms with E-state index in [0.717, 1.165) is 0 Å². The maximum atomic E-state index is 10.7. The average molecular weight is 211 g/mol. The SMILES string of the molecule is COC(=O)/C=C/NCCc1nc(C)no1. The van der Waals surface area contributed by atoms with Crippen LogP contribution in [-0.2, 0) is 16.0 Å². The number of carbonyl (C=O) groups is 1. The van der Waals surface area contributed by atoms with Crippen molar-refractivity contribution in [3.05, 3.63) is 24.0 Å². The van der Waals surface area contributed by atoms with Gasteiger partial charge in [0.15, 0.2) is 5.82 Å². The van der Waals surface area contributed by atoms with Crippen LogP contribution in [0.2, 0.25) is 0 Å². The molecule has 0 aliphatic heterocycles. The molecule has 0 saturated heterocycles. The van der Waals surface area contributed by atoms with Crippen molar-refractivity contribution >= 4 is 5.97 Å². The lowest BCUT2D eigenvalue weighted by molar-refractivity contribution is -0.134. The Kier molecular flexibility index (Phi) is 4.33. The molecular weight excluding hydrogens is 198 g/mol. The first kappa shape index (κ1) is 11.2. The van der Waals surface area contributed by atoms with Gasteiger partial charge in [-0.15, -0.1) is 0 Å². The minimum Gasteiger partial charge on any atom is -0.466 e. The smallest absolute Gasteiger partial charge is 0.331 e. The highest BCUT2D eigenvalue weighted by molar-refractivity contribution is 5.81. The van der Waals surface area contributed by atoms with E-state index in [2.05, 4.69) is 20.2 Å². The quantitative estimate of drug-likeness (QED) is 0.426. The van der Waals surface area contributed by atoms with Gasteiger partial charge < -0.3 is 14.6 Å². The van der Waals surface area contributed by atoms with Gasteiger partial charge in [0.1, 0.15) is 0 Å². The van der Waals surface area contributed by atoms with Gasteiger partial charge >= 0.3 is 5.97 Å². The molecule has 0 fully saturated rings. The van der Waals surface area contributed by atoms with Crippen molar-refractivity contribution in [1.82, 2.24) is 15.5 Å². The van der Waals surface area contributed by atoms with Crippen LogP contribution >= 0.6 is 0 Å². The van der Waals surface area contributed by atoms with Crippen LogP contribution in [0.3, 0.4) is 0 Å². The van der Waals surface area contributed by atoms with Crippen molar-refractivity contribution in [2.45, 2.75) is 13.3 Å². The van der Waals surface area contributed by atoms with Crippen molar-refractivity contribution in [3.63, 3.8) is 0 Å². The van der Waals surface area contributed by atoms with Crippen LogP contribution in [0.15, 0.2) is 16.8 Å². The zero-order valence-corrected chi connectivity index (χ0v) is 8.69. The van der Waals surface area contributed by atoms with Crippen LogP contribution in [-0.4, -0.2) is 29.8 Å². The summed E-state index contributed by atoms with van der Waals surface area (Å²) in [6.07, 6.45) is 3.44. The number of nitrogens with one attached hydrogen (secondary N) is 1. The van der Waals surface area contributed by atoms with Crippen molar-refractivity contribution in [3.8, 4) is 0 Å². The molecule has 0 bridgehead atoms. The molecule has 1 rings (SSSR count). The molecule has 15 heavy (non-hydrogen) atoms. The summed E-state index contributed by atoms with van der Waals surface area (Å²) in [5, 5.41) is 6.55. The third kappa shape index (κ3) is 4.26. The van der Waals surface area contributed by atoms with E-state index in [4.69, 9.17) is 4.52 Å². The molecule has 6 heteroatoms. The van der Waals surface area contributed by atoms with Gasteiger partial charge in [-0.2, -0.15) is 4.98 Å². The lowest BCUT2D eigenvalue weighted by Crippen LogP contribution is -2.11. The molecule has 0 atom stereocenters. The lowest BCUT2D eigenvalue weighted by atomic mass is 10.4. The highest BCUT2D eigenvalue weighted by atomic mass is 16.5. The molecule has 1 aromatic rings. The van der Waals surface area contributed by atoms with Gasteiger partial charge in [-0.25, -0.2) is 4.79 Å². The van der Waals surface area contributed by atoms with Crippen LogP contribution in [0.1, 0.15) is 11.7 Å². The van der Waals surface area contributed by atoms with Crippen LogP contribution in [0.25, 0.3) is 0 Å². The maximum Gasteiger partial charge on any atom is 0.331 e. The van der Waals surface area contributed by atoms with E-state index >= 15 is 0 Å². The van der Waals surface area contributed by atoms with Crippen molar-refractivity contribution in [2.75, 3.05) is 13.7 Å². The molecule has 0 aromatic carbocycles. The Balaban J connectivity index is 2.17. The third-order valence-corrected chi connectivity index (χ3v) is 1.59. The van der Waals surface area contributed by atoms with Crippen LogP contribution < -0.4 is 5.32 Å². The fraction of sp³-hybridized carbons (Fsp3) is 0.444. The molecule has 0 amide bonds. The van der Waals surface area contributed by atoms with Gasteiger partial charge in [0.2, 0.25) is 5.89 Å². The molecule has 82 valence electrons. The predicted molar refractivity (Wildman–Crippen MR) is 51.9 cm³/mol. The zero-order chi connectivity index (χ0) is 11.1. The summed E-state index contributed by atoms with van der Waals surface area (Å²) in [5.41, 5.74) is 0. The van der Waals surface area contributed by atoms with Crippen LogP contribution in [0.5, 0.6) is 0 Å². The molecular formula is C9H13N3O3. The van der Waals surface area contributed by atoms with Gasteiger partial charge in [0, 0.05) is 25.2 Å². The number of hydrogen-bond donors (Lipinski definition) is 1. The van der Waals surface area contributed by atoms with Crippen molar-refractivity contribution in [1.29, 1.82) is 0 Å². The first-order valence-electron chi connectivity index (χ1n) is 4.49. The minimum absolute atomic E-state index is 0.392. The Bertz CT molecular complexity index is 346. The van der Waals surface area contributed by atoms with E-state index in [1.807, 2.05) is 0 Å². The molecule has 0 saturated carbocycles. The fourth-order valence-electron chi connectivity index (χ4n) is 0.899. The normalized spacial score (nSPS) is 10.5. The third-order valence-electron chi connectivity index (χ3n) is 1.59. The van der Waals surface area contributed by atoms with Gasteiger partial charge in [0.25, 0.3) is 0 Å². The Morgan fingerprint density at radius 3 is 3.07 bits per heavy atom. The van der Waals surface area contributed by atoms with E-state index in [9.17, 15) is 4.79 Å². The van der Waals surface area contributed by atoms with Gasteiger partial charge in [-0.05, 0) is 6.92 Å². The second kappa shape index (κ2) is 5.79. The Morgan fingerprint density at radius 1 is 1.67 bits per heavy atom. The number of ether oxygens (including phenoxy) is 1. The number of hydrogen-bond acceptors (Lipinski definition) is 6. The molecule has 0 radical (unpaired) electrons. The van der Waals surface area contributed by atoms with Crippen LogP contribution in [0.4, 0.5) is 0 Å². The van der Waals surface area contributed by atoms with Crippen molar-refractivity contribution < 1.29 is 14.1 Å². The topological polar surface area (TPSA) is 77.2 Å². The number of methoxy groups -OCH3 is 1. The summed E-state index contributed by atoms with van der Waals surface area (Å²) < 4.78 is 9.31. The number of nitrogens with zero attached hydrogens (tertiary/aromatic N) is 2. The van der Waals surface area contributed by atoms with E-state index < -0.39 is 5.97 Å². The highest BCUT2D eigenvalue weighted by Crippen LogP contribution is 1.95. The number of esters is 1. The fourth-order valence-corrected chi connectivity index (χ4v) is 0.899. The largest absolute Gasteiger partial charge is 0.466 e. The van der Waals surface area contributed by atoms with E-state index in [1.54, 1.807) is 6.92 Å². The summed E-state index contributed by atoms with van der Waals surface area (Å²) in [6, 6.07) is 0. The second-order valence-electron chi connectivity index (χ2n) is 2.80. The van der Waals surface area contributed by atoms with Crippen LogP contribution in [0, 0.1) is 6.92 Å². The Hall–Kier alpha value is -1.85. The monoisotopic (exact) mass is 211 g/mol. The molecule has 0 spiro atoms. The summed E-state index contributed by atoms with van der Waals surface area (Å²) in [5.74, 6) is 0.803. The van der Waals surface area contributed by atoms with E-state index in [1.165, 1.54) is 19.4 Å². The predicted octanol–water partition coefficient (Wildman–Crippen LogP) is 0.197. The average Bonchev–Trinajstić information content (AvgIpc) is 2.63. The number of carbonyl (C=O) groups excluding carboxylic acids is 1. The van der Waals surface area contributed by atoms with Gasteiger partial charge in [-0.3, -0.25) is 0 Å². The molecule has 0 aliphatic rings. The van der Waals surface area contributed by atoms with E-state index in [0.29, 0.717) is 24.7 Å². The maximum absolute atomic E-state index is 10.7. The summed E-state index contributed by atoms with van der Waals surface area (Å²) in [6.45, 7) is 2.38. The summed E-state index contributed by atoms with van der Waals surface area (Å²) in [4.78, 5) is 14.7.